The molecule has 0 radical (unpaired) electrons. The minimum Gasteiger partial charge on any atom is -0.455 e. The lowest BCUT2D eigenvalue weighted by molar-refractivity contribution is 0.575. The highest BCUT2D eigenvalue weighted by atomic mass is 79.9. The van der Waals surface area contributed by atoms with Crippen LogP contribution < -0.4 is 0 Å². The molecule has 8 heteroatoms. The quantitative estimate of drug-likeness (QED) is 0.586. The predicted molar refractivity (Wildman–Crippen MR) is 76.6 cm³/mol. The van der Waals surface area contributed by atoms with E-state index in [-0.39, 0.29) is 5.95 Å². The molecule has 0 spiro atoms. The molecule has 2 aromatic heterocycles. The topological polar surface area (TPSA) is 94.1 Å². The molecule has 7 nitrogen and oxygen atoms in total. The van der Waals surface area contributed by atoms with Crippen LogP contribution in [0.1, 0.15) is 5.76 Å². The van der Waals surface area contributed by atoms with Crippen LogP contribution >= 0.6 is 15.9 Å². The van der Waals surface area contributed by atoms with Gasteiger partial charge in [0.05, 0.1) is 12.2 Å². The monoisotopic (exact) mass is 331 g/mol. The number of tetrazole rings is 1. The van der Waals surface area contributed by atoms with Crippen molar-refractivity contribution >= 4 is 28.1 Å². The number of furan rings is 1. The average Bonchev–Trinajstić information content (AvgIpc) is 3.10. The van der Waals surface area contributed by atoms with E-state index in [0.717, 1.165) is 15.8 Å². The van der Waals surface area contributed by atoms with E-state index in [2.05, 4.69) is 47.1 Å². The zero-order chi connectivity index (χ0) is 13.8. The van der Waals surface area contributed by atoms with Gasteiger partial charge in [-0.05, 0) is 24.3 Å². The van der Waals surface area contributed by atoms with Gasteiger partial charge in [-0.25, -0.2) is 5.10 Å². The van der Waals surface area contributed by atoms with E-state index in [0.29, 0.717) is 5.76 Å². The van der Waals surface area contributed by atoms with E-state index < -0.39 is 0 Å². The van der Waals surface area contributed by atoms with Gasteiger partial charge in [0.2, 0.25) is 0 Å². The molecule has 0 aliphatic carbocycles. The molecule has 20 heavy (non-hydrogen) atoms. The fraction of sp³-hybridized carbons (Fsp3) is 0. The summed E-state index contributed by atoms with van der Waals surface area (Å²) in [5, 5.41) is 16.8. The highest BCUT2D eigenvalue weighted by molar-refractivity contribution is 9.10. The summed E-state index contributed by atoms with van der Waals surface area (Å²) in [6, 6.07) is 11.5. The molecule has 0 saturated carbocycles. The Morgan fingerprint density at radius 3 is 3.05 bits per heavy atom. The summed E-state index contributed by atoms with van der Waals surface area (Å²) in [5.41, 5.74) is 4.72. The molecule has 0 saturated heterocycles. The molecule has 3 rings (SSSR count). The van der Waals surface area contributed by atoms with Crippen molar-refractivity contribution in [2.75, 3.05) is 0 Å². The molecule has 1 N–H and O–H groups in total. The lowest BCUT2D eigenvalue weighted by Crippen LogP contribution is -1.76. The van der Waals surface area contributed by atoms with Crippen molar-refractivity contribution in [3.63, 3.8) is 0 Å². The summed E-state index contributed by atoms with van der Waals surface area (Å²) in [7, 11) is 0. The Labute approximate surface area is 122 Å². The van der Waals surface area contributed by atoms with Crippen LogP contribution in [-0.4, -0.2) is 26.8 Å². The van der Waals surface area contributed by atoms with Crippen molar-refractivity contribution in [1.82, 2.24) is 20.6 Å². The van der Waals surface area contributed by atoms with E-state index in [1.54, 1.807) is 0 Å². The first-order chi connectivity index (χ1) is 9.81. The fourth-order valence-electron chi connectivity index (χ4n) is 1.56. The van der Waals surface area contributed by atoms with Crippen molar-refractivity contribution in [1.29, 1.82) is 0 Å². The second-order valence-electron chi connectivity index (χ2n) is 3.77. The number of hydrogen-bond acceptors (Lipinski definition) is 5. The van der Waals surface area contributed by atoms with E-state index in [4.69, 9.17) is 4.42 Å². The van der Waals surface area contributed by atoms with Gasteiger partial charge >= 0.3 is 0 Å². The SMILES string of the molecule is Brc1cccc(-c2ccc(/C=N\[N-]c3nn[nH]n3)o2)c1. The number of benzene rings is 1. The zero-order valence-corrected chi connectivity index (χ0v) is 11.6. The summed E-state index contributed by atoms with van der Waals surface area (Å²) < 4.78 is 6.64. The summed E-state index contributed by atoms with van der Waals surface area (Å²) in [4.78, 5) is 0. The maximum atomic E-state index is 5.65. The van der Waals surface area contributed by atoms with E-state index >= 15 is 0 Å². The zero-order valence-electron chi connectivity index (χ0n) is 10.1. The molecule has 0 unspecified atom stereocenters. The summed E-state index contributed by atoms with van der Waals surface area (Å²) in [6.45, 7) is 0. The molecule has 0 fully saturated rings. The molecule has 100 valence electrons. The Hall–Kier alpha value is -2.48. The number of nitrogens with one attached hydrogen (secondary N) is 1. The molecule has 0 bridgehead atoms. The van der Waals surface area contributed by atoms with E-state index in [9.17, 15) is 0 Å². The van der Waals surface area contributed by atoms with Gasteiger partial charge in [-0.2, -0.15) is 0 Å². The lowest BCUT2D eigenvalue weighted by atomic mass is 10.2. The molecule has 0 atom stereocenters. The second kappa shape index (κ2) is 5.66. The molecular formula is C12H8BrN6O-. The first-order valence-corrected chi connectivity index (χ1v) is 6.44. The summed E-state index contributed by atoms with van der Waals surface area (Å²) in [6.07, 6.45) is 1.48. The molecule has 3 aromatic rings. The van der Waals surface area contributed by atoms with Crippen LogP contribution in [0.25, 0.3) is 16.7 Å². The van der Waals surface area contributed by atoms with Crippen LogP contribution in [0.5, 0.6) is 0 Å². The van der Waals surface area contributed by atoms with Gasteiger partial charge in [-0.1, -0.05) is 28.1 Å². The summed E-state index contributed by atoms with van der Waals surface area (Å²) in [5.74, 6) is 1.51. The number of aromatic nitrogens is 4. The minimum atomic E-state index is 0.167. The highest BCUT2D eigenvalue weighted by Gasteiger charge is 2.03. The third-order valence-electron chi connectivity index (χ3n) is 2.40. The van der Waals surface area contributed by atoms with E-state index in [1.807, 2.05) is 36.4 Å². The largest absolute Gasteiger partial charge is 0.455 e. The Morgan fingerprint density at radius 1 is 1.30 bits per heavy atom. The maximum Gasteiger partial charge on any atom is 0.146 e. The van der Waals surface area contributed by atoms with Gasteiger partial charge in [-0.3, -0.25) is 20.8 Å². The third kappa shape index (κ3) is 2.91. The van der Waals surface area contributed by atoms with Crippen LogP contribution in [0, 0.1) is 0 Å². The second-order valence-corrected chi connectivity index (χ2v) is 4.68. The van der Waals surface area contributed by atoms with Gasteiger partial charge in [0.15, 0.2) is 0 Å². The summed E-state index contributed by atoms with van der Waals surface area (Å²) >= 11 is 3.42. The molecule has 0 amide bonds. The molecule has 2 heterocycles. The smallest absolute Gasteiger partial charge is 0.146 e. The number of aromatic amines is 1. The number of hydrogen-bond donors (Lipinski definition) is 1. The standard InChI is InChI=1S/C12H8BrN6O/c13-9-3-1-2-8(6-9)11-5-4-10(20-11)7-14-15-12-16-18-19-17-12/h1-7H,(H-,15,16,17,18,19)/q-1/b14-7-. The van der Waals surface area contributed by atoms with Gasteiger partial charge in [-0.15, -0.1) is 5.21 Å². The van der Waals surface area contributed by atoms with Gasteiger partial charge < -0.3 is 4.42 Å². The molecule has 0 aliphatic rings. The molecule has 1 aromatic carbocycles. The Kier molecular flexibility index (Phi) is 3.55. The predicted octanol–water partition coefficient (Wildman–Crippen LogP) is 3.26. The number of H-pyrrole nitrogens is 1. The third-order valence-corrected chi connectivity index (χ3v) is 2.90. The van der Waals surface area contributed by atoms with Crippen LogP contribution in [-0.2, 0) is 0 Å². The van der Waals surface area contributed by atoms with Crippen LogP contribution in [0.2, 0.25) is 0 Å². The maximum absolute atomic E-state index is 5.65. The van der Waals surface area contributed by atoms with Crippen LogP contribution in [0.3, 0.4) is 0 Å². The minimum absolute atomic E-state index is 0.167. The van der Waals surface area contributed by atoms with Gasteiger partial charge in [0, 0.05) is 10.0 Å². The van der Waals surface area contributed by atoms with Crippen molar-refractivity contribution in [3.05, 3.63) is 52.1 Å². The number of rotatable bonds is 4. The van der Waals surface area contributed by atoms with E-state index in [1.165, 1.54) is 6.21 Å². The number of halogens is 1. The van der Waals surface area contributed by atoms with Crippen molar-refractivity contribution < 1.29 is 4.42 Å². The average molecular weight is 332 g/mol. The molecule has 0 aliphatic heterocycles. The molecular weight excluding hydrogens is 324 g/mol. The number of nitrogens with zero attached hydrogens (tertiary/aromatic N) is 5. The lowest BCUT2D eigenvalue weighted by Gasteiger charge is -1.98. The van der Waals surface area contributed by atoms with Gasteiger partial charge in [0.1, 0.15) is 11.5 Å². The normalized spacial score (nSPS) is 11.1. The first-order valence-electron chi connectivity index (χ1n) is 5.64. The Morgan fingerprint density at radius 2 is 2.25 bits per heavy atom. The Balaban J connectivity index is 1.72. The first kappa shape index (κ1) is 12.5. The fourth-order valence-corrected chi connectivity index (χ4v) is 1.95. The van der Waals surface area contributed by atoms with Crippen molar-refractivity contribution in [2.24, 2.45) is 5.10 Å². The Bertz CT molecular complexity index is 721. The highest BCUT2D eigenvalue weighted by Crippen LogP contribution is 2.24. The van der Waals surface area contributed by atoms with Crippen molar-refractivity contribution in [3.8, 4) is 11.3 Å². The van der Waals surface area contributed by atoms with Crippen LogP contribution in [0.4, 0.5) is 5.95 Å². The van der Waals surface area contributed by atoms with Crippen LogP contribution in [0.15, 0.2) is 50.4 Å². The van der Waals surface area contributed by atoms with Gasteiger partial charge in [0.25, 0.3) is 0 Å². The van der Waals surface area contributed by atoms with Crippen molar-refractivity contribution in [2.45, 2.75) is 0 Å².